The van der Waals surface area contributed by atoms with Crippen molar-refractivity contribution in [2.24, 2.45) is 0 Å². The first kappa shape index (κ1) is 18.0. The molecule has 0 spiro atoms. The topological polar surface area (TPSA) is 89.2 Å². The summed E-state index contributed by atoms with van der Waals surface area (Å²) in [6.45, 7) is 0.0515. The van der Waals surface area contributed by atoms with Crippen molar-refractivity contribution >= 4 is 23.1 Å². The fourth-order valence-electron chi connectivity index (χ4n) is 3.64. The van der Waals surface area contributed by atoms with Gasteiger partial charge in [-0.3, -0.25) is 14.5 Å². The van der Waals surface area contributed by atoms with Gasteiger partial charge >= 0.3 is 0 Å². The van der Waals surface area contributed by atoms with Crippen LogP contribution in [0.4, 0.5) is 10.1 Å². The molecule has 1 amide bonds. The Labute approximate surface area is 169 Å². The first-order valence-corrected chi connectivity index (χ1v) is 9.04. The van der Waals surface area contributed by atoms with Crippen LogP contribution in [0.2, 0.25) is 0 Å². The second kappa shape index (κ2) is 6.77. The highest BCUT2D eigenvalue weighted by molar-refractivity contribution is 6.51. The summed E-state index contributed by atoms with van der Waals surface area (Å²) in [7, 11) is 0. The van der Waals surface area contributed by atoms with Crippen LogP contribution in [0.15, 0.2) is 70.9 Å². The fraction of sp³-hybridized carbons (Fsp3) is 0.0909. The second-order valence-electron chi connectivity index (χ2n) is 6.73. The number of furan rings is 1. The number of nitrogens with zero attached hydrogens (tertiary/aromatic N) is 1. The number of carbonyl (C=O) groups is 2. The Kier molecular flexibility index (Phi) is 4.06. The molecule has 1 N–H and O–H groups in total. The minimum atomic E-state index is -1.06. The maximum Gasteiger partial charge on any atom is 0.300 e. The summed E-state index contributed by atoms with van der Waals surface area (Å²) in [5, 5.41) is 11.0. The van der Waals surface area contributed by atoms with Crippen LogP contribution in [-0.4, -0.2) is 23.6 Å². The lowest BCUT2D eigenvalue weighted by atomic mass is 9.99. The monoisotopic (exact) mass is 407 g/mol. The first-order chi connectivity index (χ1) is 14.5. The molecule has 2 aliphatic heterocycles. The molecule has 30 heavy (non-hydrogen) atoms. The number of fused-ring (bicyclic) bond motifs is 1. The highest BCUT2D eigenvalue weighted by Gasteiger charge is 2.48. The summed E-state index contributed by atoms with van der Waals surface area (Å²) >= 11 is 0. The summed E-state index contributed by atoms with van der Waals surface area (Å²) in [4.78, 5) is 26.9. The molecule has 8 heteroatoms. The van der Waals surface area contributed by atoms with Crippen molar-refractivity contribution in [3.05, 3.63) is 83.6 Å². The number of aliphatic hydroxyl groups is 1. The van der Waals surface area contributed by atoms with Gasteiger partial charge in [0, 0.05) is 11.3 Å². The molecule has 0 saturated carbocycles. The first-order valence-electron chi connectivity index (χ1n) is 9.04. The second-order valence-corrected chi connectivity index (χ2v) is 6.73. The average Bonchev–Trinajstić information content (AvgIpc) is 3.47. The number of halogens is 1. The van der Waals surface area contributed by atoms with E-state index in [2.05, 4.69) is 0 Å². The number of hydrogen-bond acceptors (Lipinski definition) is 6. The van der Waals surface area contributed by atoms with Crippen molar-refractivity contribution in [3.63, 3.8) is 0 Å². The van der Waals surface area contributed by atoms with Crippen LogP contribution in [0.5, 0.6) is 11.5 Å². The molecule has 0 bridgehead atoms. The number of Topliss-reactive ketones (excluding diaryl/α,β-unsaturated/α-hetero) is 1. The SMILES string of the molecule is O=C1C(=O)N(c2cccc(F)c2)C(c2ccco2)/C1=C(/O)c1ccc2c(c1)OCO2. The molecule has 1 unspecified atom stereocenters. The minimum Gasteiger partial charge on any atom is -0.507 e. The van der Waals surface area contributed by atoms with Gasteiger partial charge in [-0.25, -0.2) is 4.39 Å². The van der Waals surface area contributed by atoms with Gasteiger partial charge in [0.15, 0.2) is 11.5 Å². The molecule has 7 nitrogen and oxygen atoms in total. The van der Waals surface area contributed by atoms with Gasteiger partial charge < -0.3 is 19.0 Å². The van der Waals surface area contributed by atoms with E-state index in [0.29, 0.717) is 11.5 Å². The van der Waals surface area contributed by atoms with Crippen LogP contribution in [0.3, 0.4) is 0 Å². The van der Waals surface area contributed by atoms with Crippen LogP contribution in [0.1, 0.15) is 17.4 Å². The molecular formula is C22H14FNO6. The number of amides is 1. The number of carbonyl (C=O) groups excluding carboxylic acids is 2. The van der Waals surface area contributed by atoms with E-state index in [1.807, 2.05) is 0 Å². The van der Waals surface area contributed by atoms with Gasteiger partial charge in [0.2, 0.25) is 6.79 Å². The zero-order chi connectivity index (χ0) is 20.8. The minimum absolute atomic E-state index is 0.0515. The maximum atomic E-state index is 13.8. The molecular weight excluding hydrogens is 393 g/mol. The van der Waals surface area contributed by atoms with Crippen molar-refractivity contribution in [3.8, 4) is 11.5 Å². The van der Waals surface area contributed by atoms with E-state index < -0.39 is 29.3 Å². The largest absolute Gasteiger partial charge is 0.507 e. The molecule has 0 aliphatic carbocycles. The van der Waals surface area contributed by atoms with E-state index in [1.165, 1.54) is 30.5 Å². The highest BCUT2D eigenvalue weighted by atomic mass is 19.1. The number of rotatable bonds is 3. The predicted octanol–water partition coefficient (Wildman–Crippen LogP) is 3.77. The van der Waals surface area contributed by atoms with Crippen molar-refractivity contribution < 1.29 is 33.0 Å². The number of hydrogen-bond donors (Lipinski definition) is 1. The van der Waals surface area contributed by atoms with Gasteiger partial charge in [0.05, 0.1) is 11.8 Å². The van der Waals surface area contributed by atoms with Crippen LogP contribution in [0, 0.1) is 5.82 Å². The summed E-state index contributed by atoms with van der Waals surface area (Å²) in [6, 6.07) is 12.1. The Morgan fingerprint density at radius 3 is 2.63 bits per heavy atom. The third-order valence-corrected chi connectivity index (χ3v) is 4.99. The molecule has 2 aromatic carbocycles. The lowest BCUT2D eigenvalue weighted by molar-refractivity contribution is -0.132. The molecule has 5 rings (SSSR count). The number of ether oxygens (including phenoxy) is 2. The third kappa shape index (κ3) is 2.73. The van der Waals surface area contributed by atoms with E-state index in [9.17, 15) is 19.1 Å². The van der Waals surface area contributed by atoms with Gasteiger partial charge in [0.1, 0.15) is 23.4 Å². The molecule has 0 radical (unpaired) electrons. The van der Waals surface area contributed by atoms with Crippen LogP contribution in [0.25, 0.3) is 5.76 Å². The molecule has 1 atom stereocenters. The Hall–Kier alpha value is -4.07. The van der Waals surface area contributed by atoms with Gasteiger partial charge in [0.25, 0.3) is 11.7 Å². The van der Waals surface area contributed by atoms with Crippen molar-refractivity contribution in [2.75, 3.05) is 11.7 Å². The fourth-order valence-corrected chi connectivity index (χ4v) is 3.64. The normalized spacial score (nSPS) is 19.5. The molecule has 3 heterocycles. The maximum absolute atomic E-state index is 13.8. The summed E-state index contributed by atoms with van der Waals surface area (Å²) < 4.78 is 29.9. The zero-order valence-corrected chi connectivity index (χ0v) is 15.4. The van der Waals surface area contributed by atoms with Crippen LogP contribution < -0.4 is 14.4 Å². The highest BCUT2D eigenvalue weighted by Crippen LogP contribution is 2.43. The Morgan fingerprint density at radius 1 is 1.03 bits per heavy atom. The van der Waals surface area contributed by atoms with Crippen molar-refractivity contribution in [2.45, 2.75) is 6.04 Å². The third-order valence-electron chi connectivity index (χ3n) is 4.99. The van der Waals surface area contributed by atoms with Gasteiger partial charge in [-0.05, 0) is 48.5 Å². The number of anilines is 1. The van der Waals surface area contributed by atoms with Crippen LogP contribution >= 0.6 is 0 Å². The number of benzene rings is 2. The van der Waals surface area contributed by atoms with E-state index in [4.69, 9.17) is 13.9 Å². The van der Waals surface area contributed by atoms with E-state index in [-0.39, 0.29) is 29.4 Å². The lowest BCUT2D eigenvalue weighted by Gasteiger charge is -2.23. The summed E-state index contributed by atoms with van der Waals surface area (Å²) in [6.07, 6.45) is 1.39. The van der Waals surface area contributed by atoms with Gasteiger partial charge in [-0.2, -0.15) is 0 Å². The predicted molar refractivity (Wildman–Crippen MR) is 102 cm³/mol. The van der Waals surface area contributed by atoms with E-state index in [0.717, 1.165) is 11.0 Å². The Bertz CT molecular complexity index is 1200. The lowest BCUT2D eigenvalue weighted by Crippen LogP contribution is -2.29. The van der Waals surface area contributed by atoms with E-state index in [1.54, 1.807) is 24.3 Å². The molecule has 3 aromatic rings. The number of ketones is 1. The van der Waals surface area contributed by atoms with Gasteiger partial charge in [-0.1, -0.05) is 6.07 Å². The standard InChI is InChI=1S/C22H14FNO6/c23-13-3-1-4-14(10-13)24-19(16-5-2-8-28-16)18(21(26)22(24)27)20(25)12-6-7-15-17(9-12)30-11-29-15/h1-10,19,25H,11H2/b20-18-. The van der Waals surface area contributed by atoms with E-state index >= 15 is 0 Å². The number of aliphatic hydroxyl groups excluding tert-OH is 1. The molecule has 1 aromatic heterocycles. The van der Waals surface area contributed by atoms with Crippen molar-refractivity contribution in [1.82, 2.24) is 0 Å². The Morgan fingerprint density at radius 2 is 1.87 bits per heavy atom. The molecule has 2 aliphatic rings. The Balaban J connectivity index is 1.69. The summed E-state index contributed by atoms with van der Waals surface area (Å²) in [5.74, 6) is -1.60. The summed E-state index contributed by atoms with van der Waals surface area (Å²) in [5.41, 5.74) is 0.273. The molecule has 1 fully saturated rings. The van der Waals surface area contributed by atoms with Crippen molar-refractivity contribution in [1.29, 1.82) is 0 Å². The van der Waals surface area contributed by atoms with Gasteiger partial charge in [-0.15, -0.1) is 0 Å². The average molecular weight is 407 g/mol. The quantitative estimate of drug-likeness (QED) is 0.404. The zero-order valence-electron chi connectivity index (χ0n) is 15.4. The van der Waals surface area contributed by atoms with Crippen LogP contribution in [-0.2, 0) is 9.59 Å². The smallest absolute Gasteiger partial charge is 0.300 e. The molecule has 1 saturated heterocycles. The molecule has 150 valence electrons.